The molecule has 2 saturated heterocycles. The Morgan fingerprint density at radius 3 is 2.44 bits per heavy atom. The zero-order valence-electron chi connectivity index (χ0n) is 17.3. The van der Waals surface area contributed by atoms with Gasteiger partial charge in [-0.3, -0.25) is 9.79 Å². The summed E-state index contributed by atoms with van der Waals surface area (Å²) < 4.78 is 37.4. The number of para-hydroxylation sites is 1. The molecule has 3 heterocycles. The van der Waals surface area contributed by atoms with Crippen LogP contribution in [0.25, 0.3) is 0 Å². The molecule has 168 valence electrons. The second kappa shape index (κ2) is 8.40. The smallest absolute Gasteiger partial charge is 0.253 e. The summed E-state index contributed by atoms with van der Waals surface area (Å²) in [6.07, 6.45) is 0. The Balaban J connectivity index is 1.17. The molecule has 0 spiro atoms. The number of aliphatic imine (C=N–C) groups is 1. The molecule has 2 fully saturated rings. The predicted octanol–water partition coefficient (Wildman–Crippen LogP) is 2.47. The number of rotatable bonds is 3. The summed E-state index contributed by atoms with van der Waals surface area (Å²) >= 11 is 1.46. The molecule has 0 radical (unpaired) electrons. The fraction of sp³-hybridized carbons (Fsp3) is 0.364. The number of nitrogens with zero attached hydrogens (tertiary/aromatic N) is 3. The third-order valence-corrected chi connectivity index (χ3v) is 9.10. The number of anilines is 2. The molecule has 1 amide bonds. The molecule has 10 heteroatoms. The quantitative estimate of drug-likeness (QED) is 0.736. The van der Waals surface area contributed by atoms with Crippen LogP contribution in [0.15, 0.2) is 53.5 Å². The Labute approximate surface area is 190 Å². The van der Waals surface area contributed by atoms with Gasteiger partial charge >= 0.3 is 0 Å². The molecule has 0 bridgehead atoms. The van der Waals surface area contributed by atoms with Crippen molar-refractivity contribution in [2.75, 3.05) is 47.9 Å². The molecule has 32 heavy (non-hydrogen) atoms. The summed E-state index contributed by atoms with van der Waals surface area (Å²) in [7, 11) is -2.97. The number of amidine groups is 1. The molecule has 1 N–H and O–H groups in total. The molecular formula is C22H23FN4O3S2. The van der Waals surface area contributed by atoms with Gasteiger partial charge in [0.1, 0.15) is 5.82 Å². The Kier molecular flexibility index (Phi) is 5.58. The predicted molar refractivity (Wildman–Crippen MR) is 126 cm³/mol. The van der Waals surface area contributed by atoms with Gasteiger partial charge in [-0.2, -0.15) is 0 Å². The van der Waals surface area contributed by atoms with Gasteiger partial charge in [-0.05, 0) is 36.4 Å². The summed E-state index contributed by atoms with van der Waals surface area (Å²) in [4.78, 5) is 21.1. The van der Waals surface area contributed by atoms with Crippen LogP contribution in [0.3, 0.4) is 0 Å². The number of thioether (sulfide) groups is 1. The maximum atomic E-state index is 14.0. The molecule has 0 aliphatic carbocycles. The van der Waals surface area contributed by atoms with Crippen molar-refractivity contribution in [3.63, 3.8) is 0 Å². The molecule has 7 nitrogen and oxygen atoms in total. The number of fused-ring (bicyclic) bond motifs is 1. The number of carbonyl (C=O) groups excluding carboxylic acids is 1. The summed E-state index contributed by atoms with van der Waals surface area (Å²) in [5.41, 5.74) is 1.98. The number of hydrogen-bond acceptors (Lipinski definition) is 7. The normalized spacial score (nSPS) is 24.2. The molecule has 2 aromatic rings. The third-order valence-electron chi connectivity index (χ3n) is 5.96. The molecule has 2 atom stereocenters. The fourth-order valence-electron chi connectivity index (χ4n) is 4.28. The van der Waals surface area contributed by atoms with Crippen LogP contribution in [-0.4, -0.2) is 73.4 Å². The zero-order valence-corrected chi connectivity index (χ0v) is 18.9. The topological polar surface area (TPSA) is 82.1 Å². The SMILES string of the molecule is O=C(c1ccc(NC2=N[C@@H]3CS(=O)(=O)C[C@@H]3S2)cc1)N1CCN(c2ccccc2F)CC1. The molecule has 5 rings (SSSR count). The van der Waals surface area contributed by atoms with E-state index < -0.39 is 9.84 Å². The number of amides is 1. The minimum absolute atomic E-state index is 0.00798. The van der Waals surface area contributed by atoms with E-state index in [0.717, 1.165) is 10.9 Å². The van der Waals surface area contributed by atoms with Crippen LogP contribution in [-0.2, 0) is 9.84 Å². The van der Waals surface area contributed by atoms with E-state index in [1.165, 1.54) is 17.8 Å². The first kappa shape index (κ1) is 21.3. The molecule has 2 aromatic carbocycles. The summed E-state index contributed by atoms with van der Waals surface area (Å²) in [5, 5.41) is 3.94. The van der Waals surface area contributed by atoms with Crippen molar-refractivity contribution in [3.05, 3.63) is 59.9 Å². The first-order valence-electron chi connectivity index (χ1n) is 10.5. The average molecular weight is 475 g/mol. The third kappa shape index (κ3) is 4.33. The molecule has 3 aliphatic rings. The van der Waals surface area contributed by atoms with Gasteiger partial charge in [0.15, 0.2) is 15.0 Å². The monoisotopic (exact) mass is 474 g/mol. The van der Waals surface area contributed by atoms with E-state index in [9.17, 15) is 17.6 Å². The number of sulfone groups is 1. The van der Waals surface area contributed by atoms with Gasteiger partial charge < -0.3 is 15.1 Å². The zero-order chi connectivity index (χ0) is 22.3. The fourth-order valence-corrected chi connectivity index (χ4v) is 7.95. The van der Waals surface area contributed by atoms with E-state index >= 15 is 0 Å². The lowest BCUT2D eigenvalue weighted by molar-refractivity contribution is 0.0746. The van der Waals surface area contributed by atoms with Crippen LogP contribution >= 0.6 is 11.8 Å². The summed E-state index contributed by atoms with van der Waals surface area (Å²) in [5.74, 6) is 0.00458. The average Bonchev–Trinajstić information content (AvgIpc) is 3.27. The maximum Gasteiger partial charge on any atom is 0.253 e. The highest BCUT2D eigenvalue weighted by Gasteiger charge is 2.42. The van der Waals surface area contributed by atoms with E-state index in [1.54, 1.807) is 29.2 Å². The van der Waals surface area contributed by atoms with Gasteiger partial charge in [-0.15, -0.1) is 0 Å². The Hall–Kier alpha value is -2.59. The van der Waals surface area contributed by atoms with E-state index in [1.807, 2.05) is 23.1 Å². The molecule has 0 unspecified atom stereocenters. The lowest BCUT2D eigenvalue weighted by Gasteiger charge is -2.36. The van der Waals surface area contributed by atoms with E-state index in [4.69, 9.17) is 0 Å². The molecule has 0 aromatic heterocycles. The molecular weight excluding hydrogens is 451 g/mol. The number of nitrogens with one attached hydrogen (secondary N) is 1. The van der Waals surface area contributed by atoms with Gasteiger partial charge in [0.05, 0.1) is 23.2 Å². The van der Waals surface area contributed by atoms with Crippen molar-refractivity contribution in [2.24, 2.45) is 4.99 Å². The van der Waals surface area contributed by atoms with E-state index in [-0.39, 0.29) is 34.5 Å². The van der Waals surface area contributed by atoms with Crippen molar-refractivity contribution >= 4 is 44.0 Å². The van der Waals surface area contributed by atoms with E-state index in [0.29, 0.717) is 37.4 Å². The second-order valence-corrected chi connectivity index (χ2v) is 11.5. The standard InChI is InChI=1S/C22H23FN4O3S2/c23-17-3-1-2-4-19(17)26-9-11-27(12-10-26)21(28)15-5-7-16(8-6-15)24-22-25-18-13-32(29,30)14-20(18)31-22/h1-8,18,20H,9-14H2,(H,24,25)/t18-,20+/m1/s1. The maximum absolute atomic E-state index is 14.0. The molecule has 0 saturated carbocycles. The second-order valence-electron chi connectivity index (χ2n) is 8.17. The van der Waals surface area contributed by atoms with Crippen LogP contribution in [0.2, 0.25) is 0 Å². The van der Waals surface area contributed by atoms with Crippen LogP contribution in [0.4, 0.5) is 15.8 Å². The van der Waals surface area contributed by atoms with Gasteiger partial charge in [-0.1, -0.05) is 23.9 Å². The van der Waals surface area contributed by atoms with E-state index in [2.05, 4.69) is 10.3 Å². The first-order chi connectivity index (χ1) is 15.4. The number of hydrogen-bond donors (Lipinski definition) is 1. The Morgan fingerprint density at radius 2 is 1.75 bits per heavy atom. The van der Waals surface area contributed by atoms with Crippen LogP contribution in [0.1, 0.15) is 10.4 Å². The summed E-state index contributed by atoms with van der Waals surface area (Å²) in [6, 6.07) is 13.7. The minimum atomic E-state index is -2.97. The van der Waals surface area contributed by atoms with Crippen LogP contribution < -0.4 is 10.2 Å². The summed E-state index contributed by atoms with van der Waals surface area (Å²) in [6.45, 7) is 2.24. The highest BCUT2D eigenvalue weighted by Crippen LogP contribution is 2.34. The highest BCUT2D eigenvalue weighted by atomic mass is 32.2. The largest absolute Gasteiger partial charge is 0.366 e. The number of halogens is 1. The van der Waals surface area contributed by atoms with Crippen LogP contribution in [0.5, 0.6) is 0 Å². The van der Waals surface area contributed by atoms with Gasteiger partial charge in [-0.25, -0.2) is 12.8 Å². The number of piperazine rings is 1. The number of benzene rings is 2. The Bertz CT molecular complexity index is 1160. The van der Waals surface area contributed by atoms with Gasteiger partial charge in [0.2, 0.25) is 0 Å². The van der Waals surface area contributed by atoms with Crippen molar-refractivity contribution in [1.29, 1.82) is 0 Å². The van der Waals surface area contributed by atoms with Crippen molar-refractivity contribution in [2.45, 2.75) is 11.3 Å². The molecule has 3 aliphatic heterocycles. The minimum Gasteiger partial charge on any atom is -0.366 e. The van der Waals surface area contributed by atoms with Crippen molar-refractivity contribution in [3.8, 4) is 0 Å². The lowest BCUT2D eigenvalue weighted by Crippen LogP contribution is -2.49. The lowest BCUT2D eigenvalue weighted by atomic mass is 10.1. The van der Waals surface area contributed by atoms with Gasteiger partial charge in [0.25, 0.3) is 5.91 Å². The highest BCUT2D eigenvalue weighted by molar-refractivity contribution is 8.15. The van der Waals surface area contributed by atoms with Gasteiger partial charge in [0, 0.05) is 42.7 Å². The van der Waals surface area contributed by atoms with Crippen molar-refractivity contribution < 1.29 is 17.6 Å². The first-order valence-corrected chi connectivity index (χ1v) is 13.2. The van der Waals surface area contributed by atoms with Crippen molar-refractivity contribution in [1.82, 2.24) is 4.90 Å². The number of carbonyl (C=O) groups is 1. The van der Waals surface area contributed by atoms with Crippen LogP contribution in [0, 0.1) is 5.82 Å². The Morgan fingerprint density at radius 1 is 1.03 bits per heavy atom.